The topological polar surface area (TPSA) is 98.5 Å². The van der Waals surface area contributed by atoms with E-state index in [-0.39, 0.29) is 36.2 Å². The standard InChI is InChI=1S/C14H23N2O4/c1-4-10-13(9(17)8-20-10)16-12(19)5-6-14(2,3)7-11(15)18/h5,10,13H,4,6-8H2,1-3H3,(H2,15,18)(H,16,19)/t10-,13?/m0/s1. The lowest BCUT2D eigenvalue weighted by Gasteiger charge is -2.23. The highest BCUT2D eigenvalue weighted by Gasteiger charge is 2.35. The lowest BCUT2D eigenvalue weighted by Crippen LogP contribution is -2.45. The van der Waals surface area contributed by atoms with Crippen molar-refractivity contribution in [2.75, 3.05) is 6.61 Å². The van der Waals surface area contributed by atoms with Crippen molar-refractivity contribution in [3.63, 3.8) is 0 Å². The maximum Gasteiger partial charge on any atom is 0.224 e. The van der Waals surface area contributed by atoms with Crippen LogP contribution in [0.4, 0.5) is 0 Å². The van der Waals surface area contributed by atoms with Gasteiger partial charge in [-0.15, -0.1) is 0 Å². The number of nitrogens with one attached hydrogen (secondary N) is 1. The summed E-state index contributed by atoms with van der Waals surface area (Å²) in [6.45, 7) is 5.68. The molecular weight excluding hydrogens is 260 g/mol. The Bertz CT molecular complexity index is 393. The number of carbonyl (C=O) groups excluding carboxylic acids is 3. The summed E-state index contributed by atoms with van der Waals surface area (Å²) in [6.07, 6.45) is 2.50. The summed E-state index contributed by atoms with van der Waals surface area (Å²) >= 11 is 0. The molecule has 1 aliphatic heterocycles. The summed E-state index contributed by atoms with van der Waals surface area (Å²) in [4.78, 5) is 34.4. The Morgan fingerprint density at radius 1 is 1.50 bits per heavy atom. The second-order valence-electron chi connectivity index (χ2n) is 5.93. The first-order chi connectivity index (χ1) is 9.25. The van der Waals surface area contributed by atoms with Crippen LogP contribution in [0.1, 0.15) is 40.0 Å². The molecule has 0 spiro atoms. The maximum atomic E-state index is 11.8. The number of nitrogens with two attached hydrogens (primary N) is 1. The zero-order valence-electron chi connectivity index (χ0n) is 12.3. The third-order valence-electron chi connectivity index (χ3n) is 3.35. The number of amides is 2. The molecular formula is C14H23N2O4. The van der Waals surface area contributed by atoms with Gasteiger partial charge in [0.15, 0.2) is 5.78 Å². The molecule has 1 radical (unpaired) electrons. The minimum atomic E-state index is -0.567. The van der Waals surface area contributed by atoms with E-state index in [1.165, 1.54) is 6.42 Å². The molecule has 0 aliphatic carbocycles. The van der Waals surface area contributed by atoms with Gasteiger partial charge in [0.25, 0.3) is 0 Å². The third-order valence-corrected chi connectivity index (χ3v) is 3.35. The van der Waals surface area contributed by atoms with Crippen LogP contribution in [-0.4, -0.2) is 36.4 Å². The molecule has 1 saturated heterocycles. The second kappa shape index (κ2) is 6.83. The Balaban J connectivity index is 2.44. The molecule has 1 fully saturated rings. The minimum absolute atomic E-state index is 0.0522. The van der Waals surface area contributed by atoms with Crippen LogP contribution in [0.2, 0.25) is 0 Å². The molecule has 2 amide bonds. The molecule has 0 saturated carbocycles. The second-order valence-corrected chi connectivity index (χ2v) is 5.93. The molecule has 6 heteroatoms. The molecule has 1 unspecified atom stereocenters. The zero-order chi connectivity index (χ0) is 15.3. The highest BCUT2D eigenvalue weighted by atomic mass is 16.5. The number of Topliss-reactive ketones (excluding diaryl/α,β-unsaturated/α-hetero) is 1. The van der Waals surface area contributed by atoms with Crippen LogP contribution in [0, 0.1) is 11.8 Å². The van der Waals surface area contributed by atoms with Crippen molar-refractivity contribution in [2.45, 2.75) is 52.2 Å². The molecule has 3 N–H and O–H groups in total. The van der Waals surface area contributed by atoms with Crippen molar-refractivity contribution in [2.24, 2.45) is 11.1 Å². The normalized spacial score (nSPS) is 22.9. The maximum absolute atomic E-state index is 11.8. The van der Waals surface area contributed by atoms with Crippen molar-refractivity contribution >= 4 is 17.6 Å². The average molecular weight is 283 g/mol. The fourth-order valence-electron chi connectivity index (χ4n) is 2.23. The Kier molecular flexibility index (Phi) is 5.68. The van der Waals surface area contributed by atoms with Crippen LogP contribution < -0.4 is 11.1 Å². The van der Waals surface area contributed by atoms with E-state index in [4.69, 9.17) is 10.5 Å². The Labute approximate surface area is 119 Å². The predicted octanol–water partition coefficient (Wildman–Crippen LogP) is 0.345. The quantitative estimate of drug-likeness (QED) is 0.704. The van der Waals surface area contributed by atoms with Crippen LogP contribution in [0.25, 0.3) is 0 Å². The summed E-state index contributed by atoms with van der Waals surface area (Å²) in [5, 5.41) is 2.67. The molecule has 113 valence electrons. The first-order valence-electron chi connectivity index (χ1n) is 6.81. The van der Waals surface area contributed by atoms with E-state index in [9.17, 15) is 14.4 Å². The lowest BCUT2D eigenvalue weighted by atomic mass is 9.84. The Morgan fingerprint density at radius 2 is 2.15 bits per heavy atom. The molecule has 0 aromatic rings. The van der Waals surface area contributed by atoms with Crippen LogP contribution in [0.3, 0.4) is 0 Å². The van der Waals surface area contributed by atoms with E-state index < -0.39 is 11.9 Å². The molecule has 6 nitrogen and oxygen atoms in total. The van der Waals surface area contributed by atoms with Gasteiger partial charge >= 0.3 is 0 Å². The molecule has 0 aromatic carbocycles. The van der Waals surface area contributed by atoms with Gasteiger partial charge in [0.05, 0.1) is 12.5 Å². The molecule has 0 bridgehead atoms. The van der Waals surface area contributed by atoms with Crippen LogP contribution in [-0.2, 0) is 19.1 Å². The van der Waals surface area contributed by atoms with E-state index in [2.05, 4.69) is 5.32 Å². The van der Waals surface area contributed by atoms with Gasteiger partial charge in [-0.2, -0.15) is 0 Å². The minimum Gasteiger partial charge on any atom is -0.370 e. The highest BCUT2D eigenvalue weighted by molar-refractivity contribution is 5.94. The molecule has 20 heavy (non-hydrogen) atoms. The first kappa shape index (κ1) is 16.6. The van der Waals surface area contributed by atoms with Crippen molar-refractivity contribution < 1.29 is 19.1 Å². The van der Waals surface area contributed by atoms with Crippen LogP contribution in [0.15, 0.2) is 0 Å². The SMILES string of the molecule is CC[C@@H]1OCC(=O)C1NC(=O)[CH]CC(C)(C)CC(N)=O. The number of hydrogen-bond acceptors (Lipinski definition) is 4. The number of rotatable bonds is 7. The first-order valence-corrected chi connectivity index (χ1v) is 6.81. The van der Waals surface area contributed by atoms with E-state index in [1.54, 1.807) is 0 Å². The zero-order valence-corrected chi connectivity index (χ0v) is 12.3. The Hall–Kier alpha value is -1.43. The number of ketones is 1. The van der Waals surface area contributed by atoms with Gasteiger partial charge in [-0.05, 0) is 18.3 Å². The van der Waals surface area contributed by atoms with Gasteiger partial charge in [0.1, 0.15) is 12.6 Å². The van der Waals surface area contributed by atoms with Crippen molar-refractivity contribution in [1.82, 2.24) is 5.32 Å². The molecule has 1 aliphatic rings. The molecule has 2 atom stereocenters. The molecule has 0 aromatic heterocycles. The van der Waals surface area contributed by atoms with Gasteiger partial charge in [-0.1, -0.05) is 20.8 Å². The summed E-state index contributed by atoms with van der Waals surface area (Å²) in [7, 11) is 0. The Morgan fingerprint density at radius 3 is 2.70 bits per heavy atom. The largest absolute Gasteiger partial charge is 0.370 e. The number of primary amides is 1. The van der Waals surface area contributed by atoms with Crippen molar-refractivity contribution in [3.05, 3.63) is 6.42 Å². The van der Waals surface area contributed by atoms with Gasteiger partial charge < -0.3 is 15.8 Å². The third kappa shape index (κ3) is 4.92. The summed E-state index contributed by atoms with van der Waals surface area (Å²) in [5.41, 5.74) is 4.79. The average Bonchev–Trinajstić information content (AvgIpc) is 2.67. The summed E-state index contributed by atoms with van der Waals surface area (Å²) in [6, 6.07) is -0.567. The predicted molar refractivity (Wildman–Crippen MR) is 73.5 cm³/mol. The van der Waals surface area contributed by atoms with Gasteiger partial charge in [0, 0.05) is 6.42 Å². The highest BCUT2D eigenvalue weighted by Crippen LogP contribution is 2.26. The summed E-state index contributed by atoms with van der Waals surface area (Å²) in [5.74, 6) is -0.811. The summed E-state index contributed by atoms with van der Waals surface area (Å²) < 4.78 is 5.29. The monoisotopic (exact) mass is 283 g/mol. The van der Waals surface area contributed by atoms with Gasteiger partial charge in [0.2, 0.25) is 11.8 Å². The van der Waals surface area contributed by atoms with E-state index in [0.29, 0.717) is 12.8 Å². The van der Waals surface area contributed by atoms with E-state index in [1.807, 2.05) is 20.8 Å². The number of carbonyl (C=O) groups is 3. The van der Waals surface area contributed by atoms with Crippen molar-refractivity contribution in [3.8, 4) is 0 Å². The van der Waals surface area contributed by atoms with Crippen molar-refractivity contribution in [1.29, 1.82) is 0 Å². The molecule has 1 heterocycles. The van der Waals surface area contributed by atoms with Crippen LogP contribution >= 0.6 is 0 Å². The van der Waals surface area contributed by atoms with Crippen LogP contribution in [0.5, 0.6) is 0 Å². The number of hydrogen-bond donors (Lipinski definition) is 2. The lowest BCUT2D eigenvalue weighted by molar-refractivity contribution is -0.124. The fraction of sp³-hybridized carbons (Fsp3) is 0.714. The van der Waals surface area contributed by atoms with E-state index in [0.717, 1.165) is 0 Å². The smallest absolute Gasteiger partial charge is 0.224 e. The van der Waals surface area contributed by atoms with E-state index >= 15 is 0 Å². The van der Waals surface area contributed by atoms with Gasteiger partial charge in [-0.25, -0.2) is 0 Å². The number of ether oxygens (including phenoxy) is 1. The fourth-order valence-corrected chi connectivity index (χ4v) is 2.23. The van der Waals surface area contributed by atoms with Gasteiger partial charge in [-0.3, -0.25) is 14.4 Å². The molecule has 1 rings (SSSR count).